The van der Waals surface area contributed by atoms with Crippen LogP contribution in [0.4, 0.5) is 0 Å². The first-order valence-electron chi connectivity index (χ1n) is 9.75. The Bertz CT molecular complexity index is 948. The van der Waals surface area contributed by atoms with Crippen LogP contribution in [0.2, 0.25) is 5.02 Å². The first kappa shape index (κ1) is 20.0. The fourth-order valence-electron chi connectivity index (χ4n) is 3.40. The van der Waals surface area contributed by atoms with E-state index in [-0.39, 0.29) is 11.7 Å². The molecule has 3 aromatic rings. The number of hydrogen-bond donors (Lipinski definition) is 1. The maximum atomic E-state index is 12.1. The van der Waals surface area contributed by atoms with Crippen LogP contribution in [0.1, 0.15) is 49.7 Å². The molecular formula is C21H22ClN3O3S. The lowest BCUT2D eigenvalue weighted by atomic mass is 9.89. The fraction of sp³-hybridized carbons (Fsp3) is 0.381. The van der Waals surface area contributed by atoms with Gasteiger partial charge >= 0.3 is 0 Å². The summed E-state index contributed by atoms with van der Waals surface area (Å²) in [6.45, 7) is 0.324. The minimum absolute atomic E-state index is 0.114. The average Bonchev–Trinajstić information content (AvgIpc) is 3.42. The molecule has 4 rings (SSSR count). The molecule has 6 nitrogen and oxygen atoms in total. The summed E-state index contributed by atoms with van der Waals surface area (Å²) in [5.74, 6) is 2.60. The van der Waals surface area contributed by atoms with Crippen LogP contribution in [0.15, 0.2) is 50.5 Å². The van der Waals surface area contributed by atoms with Crippen molar-refractivity contribution < 1.29 is 13.6 Å². The summed E-state index contributed by atoms with van der Waals surface area (Å²) in [5, 5.41) is 12.2. The predicted octanol–water partition coefficient (Wildman–Crippen LogP) is 5.44. The number of amides is 1. The number of aromatic nitrogens is 2. The number of thioether (sulfide) groups is 1. The third-order valence-electron chi connectivity index (χ3n) is 4.95. The van der Waals surface area contributed by atoms with Crippen LogP contribution in [-0.4, -0.2) is 21.9 Å². The molecule has 2 aromatic heterocycles. The van der Waals surface area contributed by atoms with E-state index in [1.54, 1.807) is 0 Å². The van der Waals surface area contributed by atoms with E-state index in [1.165, 1.54) is 31.0 Å². The normalized spacial score (nSPS) is 14.8. The third kappa shape index (κ3) is 5.42. The van der Waals surface area contributed by atoms with Gasteiger partial charge in [-0.15, -0.1) is 10.2 Å². The van der Waals surface area contributed by atoms with E-state index >= 15 is 0 Å². The molecule has 2 heterocycles. The van der Waals surface area contributed by atoms with Crippen LogP contribution in [0.25, 0.3) is 11.3 Å². The van der Waals surface area contributed by atoms with Crippen molar-refractivity contribution in [2.45, 2.75) is 49.8 Å². The van der Waals surface area contributed by atoms with Gasteiger partial charge in [0.05, 0.1) is 12.3 Å². The molecule has 0 radical (unpaired) electrons. The quantitative estimate of drug-likeness (QED) is 0.501. The molecule has 1 amide bonds. The number of nitrogens with zero attached hydrogens (tertiary/aromatic N) is 2. The Labute approximate surface area is 178 Å². The zero-order valence-electron chi connectivity index (χ0n) is 15.9. The fourth-order valence-corrected chi connectivity index (χ4v) is 4.12. The van der Waals surface area contributed by atoms with E-state index in [0.29, 0.717) is 34.4 Å². The van der Waals surface area contributed by atoms with E-state index in [2.05, 4.69) is 15.5 Å². The molecule has 0 saturated heterocycles. The van der Waals surface area contributed by atoms with Crippen molar-refractivity contribution in [3.05, 3.63) is 53.1 Å². The van der Waals surface area contributed by atoms with Crippen molar-refractivity contribution in [1.29, 1.82) is 0 Å². The van der Waals surface area contributed by atoms with Gasteiger partial charge in [0.15, 0.2) is 0 Å². The third-order valence-corrected chi connectivity index (χ3v) is 6.02. The van der Waals surface area contributed by atoms with Gasteiger partial charge in [-0.3, -0.25) is 4.79 Å². The van der Waals surface area contributed by atoms with Crippen LogP contribution in [0, 0.1) is 0 Å². The van der Waals surface area contributed by atoms with Gasteiger partial charge in [0.2, 0.25) is 11.8 Å². The van der Waals surface area contributed by atoms with E-state index in [1.807, 2.05) is 36.4 Å². The number of rotatable bonds is 7. The zero-order chi connectivity index (χ0) is 20.1. The monoisotopic (exact) mass is 431 g/mol. The summed E-state index contributed by atoms with van der Waals surface area (Å²) in [6.07, 6.45) is 5.92. The summed E-state index contributed by atoms with van der Waals surface area (Å²) in [7, 11) is 0. The SMILES string of the molecule is O=C(CSc1nnc(C2CCCCC2)o1)NCc1ccc(-c2ccc(Cl)cc2)o1. The first-order valence-corrected chi connectivity index (χ1v) is 11.1. The zero-order valence-corrected chi connectivity index (χ0v) is 17.5. The Balaban J connectivity index is 1.23. The summed E-state index contributed by atoms with van der Waals surface area (Å²) in [6, 6.07) is 11.2. The Morgan fingerprint density at radius 1 is 1.07 bits per heavy atom. The van der Waals surface area contributed by atoms with Gasteiger partial charge in [-0.25, -0.2) is 0 Å². The highest BCUT2D eigenvalue weighted by Crippen LogP contribution is 2.32. The van der Waals surface area contributed by atoms with Crippen LogP contribution in [-0.2, 0) is 11.3 Å². The van der Waals surface area contributed by atoms with Gasteiger partial charge in [-0.2, -0.15) is 0 Å². The maximum Gasteiger partial charge on any atom is 0.277 e. The number of carbonyl (C=O) groups excluding carboxylic acids is 1. The number of halogens is 1. The molecule has 0 unspecified atom stereocenters. The Morgan fingerprint density at radius 3 is 2.66 bits per heavy atom. The summed E-state index contributed by atoms with van der Waals surface area (Å²) >= 11 is 7.16. The van der Waals surface area contributed by atoms with E-state index in [4.69, 9.17) is 20.4 Å². The molecular weight excluding hydrogens is 410 g/mol. The lowest BCUT2D eigenvalue weighted by molar-refractivity contribution is -0.118. The maximum absolute atomic E-state index is 12.1. The Hall–Kier alpha value is -2.25. The topological polar surface area (TPSA) is 81.2 Å². The lowest BCUT2D eigenvalue weighted by Gasteiger charge is -2.17. The van der Waals surface area contributed by atoms with Crippen LogP contribution in [0.3, 0.4) is 0 Å². The second-order valence-electron chi connectivity index (χ2n) is 7.08. The highest BCUT2D eigenvalue weighted by atomic mass is 35.5. The number of furan rings is 1. The van der Waals surface area contributed by atoms with E-state index < -0.39 is 0 Å². The molecule has 8 heteroatoms. The highest BCUT2D eigenvalue weighted by Gasteiger charge is 2.21. The number of hydrogen-bond acceptors (Lipinski definition) is 6. The molecule has 0 aliphatic heterocycles. The van der Waals surface area contributed by atoms with Gasteiger partial charge in [0.25, 0.3) is 5.22 Å². The molecule has 1 aromatic carbocycles. The molecule has 152 valence electrons. The van der Waals surface area contributed by atoms with Crippen molar-refractivity contribution in [2.24, 2.45) is 0 Å². The van der Waals surface area contributed by atoms with Crippen molar-refractivity contribution in [2.75, 3.05) is 5.75 Å². The average molecular weight is 432 g/mol. The highest BCUT2D eigenvalue weighted by molar-refractivity contribution is 7.99. The predicted molar refractivity (Wildman–Crippen MR) is 112 cm³/mol. The molecule has 0 atom stereocenters. The van der Waals surface area contributed by atoms with Gasteiger partial charge in [0, 0.05) is 16.5 Å². The Morgan fingerprint density at radius 2 is 1.86 bits per heavy atom. The summed E-state index contributed by atoms with van der Waals surface area (Å²) in [4.78, 5) is 12.1. The summed E-state index contributed by atoms with van der Waals surface area (Å²) in [5.41, 5.74) is 0.938. The van der Waals surface area contributed by atoms with Crippen LogP contribution < -0.4 is 5.32 Å². The molecule has 1 saturated carbocycles. The minimum Gasteiger partial charge on any atom is -0.459 e. The molecule has 1 aliphatic carbocycles. The molecule has 1 fully saturated rings. The smallest absolute Gasteiger partial charge is 0.277 e. The van der Waals surface area contributed by atoms with Crippen LogP contribution >= 0.6 is 23.4 Å². The van der Waals surface area contributed by atoms with Crippen molar-refractivity contribution in [3.63, 3.8) is 0 Å². The van der Waals surface area contributed by atoms with Gasteiger partial charge < -0.3 is 14.2 Å². The second kappa shape index (κ2) is 9.50. The molecule has 29 heavy (non-hydrogen) atoms. The Kier molecular flexibility index (Phi) is 6.56. The minimum atomic E-state index is -0.114. The van der Waals surface area contributed by atoms with E-state index in [0.717, 1.165) is 24.2 Å². The molecule has 1 aliphatic rings. The van der Waals surface area contributed by atoms with Crippen molar-refractivity contribution >= 4 is 29.3 Å². The number of benzene rings is 1. The largest absolute Gasteiger partial charge is 0.459 e. The van der Waals surface area contributed by atoms with E-state index in [9.17, 15) is 4.79 Å². The van der Waals surface area contributed by atoms with Gasteiger partial charge in [-0.05, 0) is 49.2 Å². The van der Waals surface area contributed by atoms with Crippen LogP contribution in [0.5, 0.6) is 0 Å². The number of carbonyl (C=O) groups is 1. The molecule has 0 bridgehead atoms. The summed E-state index contributed by atoms with van der Waals surface area (Å²) < 4.78 is 11.5. The molecule has 0 spiro atoms. The lowest BCUT2D eigenvalue weighted by Crippen LogP contribution is -2.24. The van der Waals surface area contributed by atoms with Gasteiger partial charge in [-0.1, -0.05) is 42.6 Å². The number of nitrogens with one attached hydrogen (secondary N) is 1. The van der Waals surface area contributed by atoms with Crippen molar-refractivity contribution in [3.8, 4) is 11.3 Å². The second-order valence-corrected chi connectivity index (χ2v) is 8.44. The van der Waals surface area contributed by atoms with Crippen molar-refractivity contribution in [1.82, 2.24) is 15.5 Å². The van der Waals surface area contributed by atoms with Gasteiger partial charge in [0.1, 0.15) is 11.5 Å². The standard InChI is InChI=1S/C21H22ClN3O3S/c22-16-8-6-14(7-9-16)18-11-10-17(27-18)12-23-19(26)13-29-21-25-24-20(28-21)15-4-2-1-3-5-15/h6-11,15H,1-5,12-13H2,(H,23,26). The first-order chi connectivity index (χ1) is 14.2. The molecule has 1 N–H and O–H groups in total.